The summed E-state index contributed by atoms with van der Waals surface area (Å²) in [5, 5.41) is 0. The maximum atomic E-state index is 10.7. The molecule has 0 aliphatic heterocycles. The highest BCUT2D eigenvalue weighted by atomic mass is 16.5. The fourth-order valence-electron chi connectivity index (χ4n) is 0.554. The van der Waals surface area contributed by atoms with Crippen molar-refractivity contribution in [1.82, 2.24) is 0 Å². The van der Waals surface area contributed by atoms with E-state index in [-0.39, 0.29) is 19.5 Å². The molecule has 58 valence electrons. The van der Waals surface area contributed by atoms with Crippen LogP contribution in [0.3, 0.4) is 0 Å². The van der Waals surface area contributed by atoms with E-state index < -0.39 is 0 Å². The molecule has 0 aromatic rings. The molecule has 0 heterocycles. The number of hydrogen-bond donors (Lipinski definition) is 0. The fraction of sp³-hybridized carbons (Fsp3) is 0.625. The zero-order valence-corrected chi connectivity index (χ0v) is 6.30. The van der Waals surface area contributed by atoms with Gasteiger partial charge in [0.25, 0.3) is 0 Å². The monoisotopic (exact) mass is 144 g/mol. The van der Waals surface area contributed by atoms with Gasteiger partial charge in [0, 0.05) is 7.79 Å². The predicted octanol–water partition coefficient (Wildman–Crippen LogP) is 1.91. The van der Waals surface area contributed by atoms with Gasteiger partial charge < -0.3 is 4.74 Å². The van der Waals surface area contributed by atoms with Gasteiger partial charge in [-0.05, 0) is 20.2 Å². The van der Waals surface area contributed by atoms with E-state index in [0.717, 1.165) is 6.42 Å². The first-order valence-electron chi connectivity index (χ1n) is 4.08. The molecule has 0 radical (unpaired) electrons. The lowest BCUT2D eigenvalue weighted by Gasteiger charge is -1.97. The third-order valence-electron chi connectivity index (χ3n) is 1.01. The number of rotatable bonds is 4. The molecule has 10 heavy (non-hydrogen) atoms. The highest BCUT2D eigenvalue weighted by molar-refractivity contribution is 5.69. The average Bonchev–Trinajstić information content (AvgIpc) is 2.01. The maximum Gasteiger partial charge on any atom is 0.306 e. The quantitative estimate of drug-likeness (QED) is 0.445. The van der Waals surface area contributed by atoms with Gasteiger partial charge in [-0.2, -0.15) is 0 Å². The largest absolute Gasteiger partial charge is 0.466 e. The minimum Gasteiger partial charge on any atom is -0.466 e. The lowest BCUT2D eigenvalue weighted by molar-refractivity contribution is -0.142. The summed E-state index contributed by atoms with van der Waals surface area (Å²) >= 11 is 0. The zero-order valence-electron chi connectivity index (χ0n) is 7.30. The second-order valence-corrected chi connectivity index (χ2v) is 1.83. The lowest BCUT2D eigenvalue weighted by atomic mass is 10.3. The highest BCUT2D eigenvalue weighted by Crippen LogP contribution is 1.93. The zero-order chi connectivity index (χ0) is 8.53. The Morgan fingerprint density at radius 1 is 1.80 bits per heavy atom. The van der Waals surface area contributed by atoms with E-state index in [2.05, 4.69) is 4.74 Å². The standard InChI is InChI=1S/C8H14O2/c1-3-5-6-7-8(9)10-4-2/h3,5H,4,6-7H2,1-2H3/i2T. The SMILES string of the molecule is [3H]CCOC(=O)CCC=CC. The lowest BCUT2D eigenvalue weighted by Crippen LogP contribution is -2.02. The molecular formula is C8H14O2. The highest BCUT2D eigenvalue weighted by Gasteiger charge is 1.96. The Hall–Kier alpha value is -0.790. The van der Waals surface area contributed by atoms with E-state index in [4.69, 9.17) is 1.37 Å². The maximum absolute atomic E-state index is 10.7. The topological polar surface area (TPSA) is 26.3 Å². The molecule has 0 unspecified atom stereocenters. The molecule has 0 rings (SSSR count). The Balaban J connectivity index is 3.22. The fourth-order valence-corrected chi connectivity index (χ4v) is 0.554. The van der Waals surface area contributed by atoms with Crippen molar-refractivity contribution in [3.63, 3.8) is 0 Å². The Bertz CT molecular complexity index is 132. The number of ether oxygens (including phenoxy) is 1. The minimum atomic E-state index is -0.213. The molecule has 0 N–H and O–H groups in total. The molecule has 0 saturated heterocycles. The van der Waals surface area contributed by atoms with Gasteiger partial charge in [0.05, 0.1) is 6.61 Å². The van der Waals surface area contributed by atoms with Gasteiger partial charge in [-0.15, -0.1) is 0 Å². The Morgan fingerprint density at radius 3 is 3.20 bits per heavy atom. The first kappa shape index (κ1) is 7.32. The summed E-state index contributed by atoms with van der Waals surface area (Å²) in [6.45, 7) is 2.28. The third-order valence-corrected chi connectivity index (χ3v) is 1.01. The molecule has 0 aliphatic carbocycles. The summed E-state index contributed by atoms with van der Waals surface area (Å²) in [4.78, 5) is 10.7. The van der Waals surface area contributed by atoms with Crippen molar-refractivity contribution >= 4 is 5.97 Å². The van der Waals surface area contributed by atoms with Crippen LogP contribution in [0.4, 0.5) is 0 Å². The number of carbonyl (C=O) groups is 1. The first-order chi connectivity index (χ1) is 5.31. The van der Waals surface area contributed by atoms with Crippen molar-refractivity contribution in [3.8, 4) is 0 Å². The van der Waals surface area contributed by atoms with Crippen molar-refractivity contribution in [3.05, 3.63) is 12.2 Å². The van der Waals surface area contributed by atoms with Gasteiger partial charge in [-0.3, -0.25) is 4.79 Å². The average molecular weight is 144 g/mol. The third kappa shape index (κ3) is 5.35. The van der Waals surface area contributed by atoms with Crippen LogP contribution in [0.5, 0.6) is 0 Å². The number of allylic oxidation sites excluding steroid dienone is 2. The molecule has 0 saturated carbocycles. The second kappa shape index (κ2) is 6.33. The summed E-state index contributed by atoms with van der Waals surface area (Å²) < 4.78 is 11.4. The molecule has 0 aliphatic rings. The van der Waals surface area contributed by atoms with Crippen LogP contribution >= 0.6 is 0 Å². The Morgan fingerprint density at radius 2 is 2.60 bits per heavy atom. The van der Waals surface area contributed by atoms with Crippen LogP contribution in [0, 0.1) is 0 Å². The summed E-state index contributed by atoms with van der Waals surface area (Å²) in [5.41, 5.74) is 0. The van der Waals surface area contributed by atoms with Gasteiger partial charge in [0.15, 0.2) is 0 Å². The van der Waals surface area contributed by atoms with Crippen molar-refractivity contribution in [2.45, 2.75) is 26.7 Å². The minimum absolute atomic E-state index is 0.148. The summed E-state index contributed by atoms with van der Waals surface area (Å²) in [5.74, 6) is -0.213. The van der Waals surface area contributed by atoms with Gasteiger partial charge in [-0.25, -0.2) is 0 Å². The van der Waals surface area contributed by atoms with Crippen molar-refractivity contribution in [2.24, 2.45) is 0 Å². The van der Waals surface area contributed by atoms with Crippen LogP contribution in [-0.2, 0) is 9.53 Å². The van der Waals surface area contributed by atoms with E-state index >= 15 is 0 Å². The summed E-state index contributed by atoms with van der Waals surface area (Å²) in [6.07, 6.45) is 4.97. The summed E-state index contributed by atoms with van der Waals surface area (Å²) in [7, 11) is 0. The Labute approximate surface area is 63.3 Å². The Kier molecular flexibility index (Phi) is 4.63. The molecule has 0 fully saturated rings. The van der Waals surface area contributed by atoms with E-state index in [1.807, 2.05) is 19.1 Å². The number of hydrogen-bond acceptors (Lipinski definition) is 2. The van der Waals surface area contributed by atoms with Crippen molar-refractivity contribution in [1.29, 1.82) is 0 Å². The van der Waals surface area contributed by atoms with Crippen molar-refractivity contribution in [2.75, 3.05) is 6.61 Å². The molecule has 0 atom stereocenters. The second-order valence-electron chi connectivity index (χ2n) is 1.83. The molecule has 0 amide bonds. The van der Waals surface area contributed by atoms with Crippen LogP contribution in [0.15, 0.2) is 12.2 Å². The predicted molar refractivity (Wildman–Crippen MR) is 40.7 cm³/mol. The van der Waals surface area contributed by atoms with E-state index in [1.54, 1.807) is 0 Å². The molecule has 0 aromatic carbocycles. The number of esters is 1. The molecule has 0 bridgehead atoms. The van der Waals surface area contributed by atoms with Crippen LogP contribution < -0.4 is 0 Å². The van der Waals surface area contributed by atoms with Crippen LogP contribution in [0.1, 0.15) is 28.0 Å². The number of carbonyl (C=O) groups excluding carboxylic acids is 1. The van der Waals surface area contributed by atoms with E-state index in [9.17, 15) is 4.79 Å². The molecule has 0 spiro atoms. The van der Waals surface area contributed by atoms with Gasteiger partial charge in [-0.1, -0.05) is 12.2 Å². The smallest absolute Gasteiger partial charge is 0.306 e. The van der Waals surface area contributed by atoms with Crippen molar-refractivity contribution < 1.29 is 10.9 Å². The summed E-state index contributed by atoms with van der Waals surface area (Å²) in [6, 6.07) is 0. The van der Waals surface area contributed by atoms with Gasteiger partial charge in [0.1, 0.15) is 0 Å². The van der Waals surface area contributed by atoms with Crippen LogP contribution in [-0.4, -0.2) is 12.6 Å². The van der Waals surface area contributed by atoms with Gasteiger partial charge in [0.2, 0.25) is 0 Å². The normalized spacial score (nSPS) is 11.5. The molecule has 2 heteroatoms. The molecule has 2 nitrogen and oxygen atoms in total. The molecule has 0 aromatic heterocycles. The van der Waals surface area contributed by atoms with Crippen LogP contribution in [0.25, 0.3) is 0 Å². The van der Waals surface area contributed by atoms with Crippen LogP contribution in [0.2, 0.25) is 0 Å². The van der Waals surface area contributed by atoms with E-state index in [1.165, 1.54) is 0 Å². The molecular weight excluding hydrogens is 128 g/mol. The van der Waals surface area contributed by atoms with Gasteiger partial charge >= 0.3 is 5.97 Å². The first-order valence-corrected chi connectivity index (χ1v) is 3.37. The van der Waals surface area contributed by atoms with E-state index in [0.29, 0.717) is 6.42 Å².